The monoisotopic (exact) mass is 457 g/mol. The average molecular weight is 459 g/mol. The lowest BCUT2D eigenvalue weighted by Gasteiger charge is -2.06. The zero-order chi connectivity index (χ0) is 17.9. The summed E-state index contributed by atoms with van der Waals surface area (Å²) >= 11 is 6.17. The molecule has 0 fully saturated rings. The number of phenolic OH excluding ortho intramolecular Hbond substituents is 2. The van der Waals surface area contributed by atoms with Crippen LogP contribution in [0.1, 0.15) is 22.8 Å². The number of nitrogens with one attached hydrogen (secondary N) is 1. The van der Waals surface area contributed by atoms with Crippen molar-refractivity contribution in [1.82, 2.24) is 9.99 Å². The lowest BCUT2D eigenvalue weighted by Crippen LogP contribution is -2.30. The van der Waals surface area contributed by atoms with E-state index in [1.54, 1.807) is 19.2 Å². The summed E-state index contributed by atoms with van der Waals surface area (Å²) in [6.45, 7) is 2.25. The van der Waals surface area contributed by atoms with Crippen molar-refractivity contribution in [1.29, 1.82) is 0 Å². The number of phenols is 2. The normalized spacial score (nSPS) is 11.0. The highest BCUT2D eigenvalue weighted by Crippen LogP contribution is 2.40. The summed E-state index contributed by atoms with van der Waals surface area (Å²) in [5.74, 6) is -1.05. The van der Waals surface area contributed by atoms with Crippen molar-refractivity contribution in [2.75, 3.05) is 0 Å². The molecule has 0 aliphatic carbocycles. The Balaban J connectivity index is 2.21. The van der Waals surface area contributed by atoms with Crippen LogP contribution in [-0.2, 0) is 6.54 Å². The zero-order valence-corrected chi connectivity index (χ0v) is 15.6. The van der Waals surface area contributed by atoms with Crippen LogP contribution in [0.25, 0.3) is 0 Å². The molecule has 0 aliphatic heterocycles. The second-order valence-electron chi connectivity index (χ2n) is 4.67. The highest BCUT2D eigenvalue weighted by Gasteiger charge is 2.13. The van der Waals surface area contributed by atoms with Crippen LogP contribution in [-0.4, -0.2) is 26.9 Å². The highest BCUT2D eigenvalue weighted by molar-refractivity contribution is 9.11. The predicted molar refractivity (Wildman–Crippen MR) is 96.6 cm³/mol. The Labute approximate surface area is 153 Å². The number of amides is 1. The minimum absolute atomic E-state index is 0.0335. The Hall–Kier alpha value is -2.13. The van der Waals surface area contributed by atoms with Crippen molar-refractivity contribution < 1.29 is 15.0 Å². The van der Waals surface area contributed by atoms with Gasteiger partial charge in [-0.25, -0.2) is 5.43 Å². The van der Waals surface area contributed by atoms with Crippen LogP contribution in [0.15, 0.2) is 43.2 Å². The van der Waals surface area contributed by atoms with Gasteiger partial charge in [0.1, 0.15) is 21.5 Å². The number of halogens is 2. The topological polar surface area (TPSA) is 104 Å². The molecule has 2 rings (SSSR count). The Morgan fingerprint density at radius 3 is 2.75 bits per heavy atom. The molecular weight excluding hydrogens is 446 g/mol. The molecule has 1 aromatic heterocycles. The summed E-state index contributed by atoms with van der Waals surface area (Å²) in [5, 5.41) is 23.3. The molecule has 0 aliphatic rings. The van der Waals surface area contributed by atoms with Crippen LogP contribution < -0.4 is 11.0 Å². The molecule has 7 nitrogen and oxygen atoms in total. The van der Waals surface area contributed by atoms with E-state index < -0.39 is 11.5 Å². The molecule has 2 aromatic rings. The van der Waals surface area contributed by atoms with E-state index in [1.165, 1.54) is 22.9 Å². The molecule has 1 amide bonds. The lowest BCUT2D eigenvalue weighted by molar-refractivity contribution is 0.0953. The van der Waals surface area contributed by atoms with E-state index in [9.17, 15) is 19.8 Å². The van der Waals surface area contributed by atoms with Crippen LogP contribution in [0.4, 0.5) is 0 Å². The first-order valence-corrected chi connectivity index (χ1v) is 8.38. The van der Waals surface area contributed by atoms with Gasteiger partial charge in [-0.3, -0.25) is 9.59 Å². The van der Waals surface area contributed by atoms with Crippen molar-refractivity contribution in [2.45, 2.75) is 13.5 Å². The first-order valence-electron chi connectivity index (χ1n) is 6.79. The number of aryl methyl sites for hydroxylation is 1. The third-order valence-electron chi connectivity index (χ3n) is 3.17. The van der Waals surface area contributed by atoms with E-state index in [2.05, 4.69) is 42.4 Å². The largest absolute Gasteiger partial charge is 0.506 e. The Morgan fingerprint density at radius 1 is 1.38 bits per heavy atom. The molecule has 3 N–H and O–H groups in total. The van der Waals surface area contributed by atoms with Gasteiger partial charge in [0.05, 0.1) is 10.7 Å². The van der Waals surface area contributed by atoms with Gasteiger partial charge >= 0.3 is 0 Å². The molecular formula is C15H13Br2N3O4. The Morgan fingerprint density at radius 2 is 2.08 bits per heavy atom. The molecule has 0 spiro atoms. The first-order chi connectivity index (χ1) is 11.4. The number of carbonyl (C=O) groups excluding carboxylic acids is 1. The summed E-state index contributed by atoms with van der Waals surface area (Å²) in [5.41, 5.74) is 2.04. The van der Waals surface area contributed by atoms with Gasteiger partial charge in [-0.1, -0.05) is 0 Å². The lowest BCUT2D eigenvalue weighted by atomic mass is 10.2. The number of aromatic nitrogens is 1. The van der Waals surface area contributed by atoms with Crippen molar-refractivity contribution in [3.63, 3.8) is 0 Å². The SMILES string of the molecule is CCn1cccc(C(=O)N/N=C\c2cc(Br)c(O)c(Br)c2O)c1=O. The van der Waals surface area contributed by atoms with Gasteiger partial charge in [-0.15, -0.1) is 0 Å². The standard InChI is InChI=1S/C15H13Br2N3O4/c1-2-20-5-3-4-9(15(20)24)14(23)19-18-7-8-6-10(16)13(22)11(17)12(8)21/h3-7,21-22H,2H2,1H3,(H,19,23)/b18-7-. The molecule has 1 aromatic carbocycles. The van der Waals surface area contributed by atoms with Crippen molar-refractivity contribution in [2.24, 2.45) is 5.10 Å². The first kappa shape index (κ1) is 18.2. The predicted octanol–water partition coefficient (Wildman–Crippen LogP) is 2.57. The Bertz CT molecular complexity index is 878. The highest BCUT2D eigenvalue weighted by atomic mass is 79.9. The number of pyridine rings is 1. The molecule has 0 unspecified atom stereocenters. The summed E-state index contributed by atoms with van der Waals surface area (Å²) in [6.07, 6.45) is 2.79. The molecule has 24 heavy (non-hydrogen) atoms. The summed E-state index contributed by atoms with van der Waals surface area (Å²) in [4.78, 5) is 24.1. The van der Waals surface area contributed by atoms with Crippen LogP contribution in [0.5, 0.6) is 11.5 Å². The second kappa shape index (κ2) is 7.63. The van der Waals surface area contributed by atoms with Crippen LogP contribution in [0, 0.1) is 0 Å². The maximum atomic E-state index is 12.0. The number of aromatic hydroxyl groups is 2. The van der Waals surface area contributed by atoms with Gasteiger partial charge in [-0.05, 0) is 57.0 Å². The van der Waals surface area contributed by atoms with E-state index in [0.717, 1.165) is 0 Å². The van der Waals surface area contributed by atoms with Crippen molar-refractivity contribution in [3.8, 4) is 11.5 Å². The van der Waals surface area contributed by atoms with E-state index in [4.69, 9.17) is 0 Å². The van der Waals surface area contributed by atoms with E-state index in [-0.39, 0.29) is 27.1 Å². The fourth-order valence-electron chi connectivity index (χ4n) is 1.89. The second-order valence-corrected chi connectivity index (χ2v) is 6.32. The summed E-state index contributed by atoms with van der Waals surface area (Å²) < 4.78 is 1.84. The van der Waals surface area contributed by atoms with Gasteiger partial charge in [0.15, 0.2) is 0 Å². The van der Waals surface area contributed by atoms with Gasteiger partial charge in [0, 0.05) is 18.3 Å². The minimum atomic E-state index is -0.657. The van der Waals surface area contributed by atoms with Gasteiger partial charge in [0.25, 0.3) is 11.5 Å². The fourth-order valence-corrected chi connectivity index (χ4v) is 3.05. The molecule has 0 saturated heterocycles. The van der Waals surface area contributed by atoms with E-state index in [1.807, 2.05) is 0 Å². The number of hydrogen-bond donors (Lipinski definition) is 3. The summed E-state index contributed by atoms with van der Waals surface area (Å²) in [7, 11) is 0. The molecule has 0 radical (unpaired) electrons. The maximum absolute atomic E-state index is 12.0. The number of nitrogens with zero attached hydrogens (tertiary/aromatic N) is 2. The van der Waals surface area contributed by atoms with E-state index >= 15 is 0 Å². The average Bonchev–Trinajstić information content (AvgIpc) is 2.57. The molecule has 0 bridgehead atoms. The smallest absolute Gasteiger partial charge is 0.276 e. The molecule has 0 atom stereocenters. The fraction of sp³-hybridized carbons (Fsp3) is 0.133. The van der Waals surface area contributed by atoms with Gasteiger partial charge < -0.3 is 14.8 Å². The Kier molecular flexibility index (Phi) is 5.79. The molecule has 126 valence electrons. The number of rotatable bonds is 4. The number of hydrogen-bond acceptors (Lipinski definition) is 5. The van der Waals surface area contributed by atoms with Gasteiger partial charge in [-0.2, -0.15) is 5.10 Å². The molecule has 9 heteroatoms. The third-order valence-corrected chi connectivity index (χ3v) is 4.53. The quantitative estimate of drug-likeness (QED) is 0.483. The van der Waals surface area contributed by atoms with Crippen LogP contribution in [0.2, 0.25) is 0 Å². The molecule has 1 heterocycles. The number of benzene rings is 1. The van der Waals surface area contributed by atoms with Crippen molar-refractivity contribution >= 4 is 44.0 Å². The van der Waals surface area contributed by atoms with Gasteiger partial charge in [0.2, 0.25) is 0 Å². The summed E-state index contributed by atoms with van der Waals surface area (Å²) in [6, 6.07) is 4.44. The van der Waals surface area contributed by atoms with Crippen LogP contribution >= 0.6 is 31.9 Å². The minimum Gasteiger partial charge on any atom is -0.506 e. The zero-order valence-electron chi connectivity index (χ0n) is 12.5. The maximum Gasteiger partial charge on any atom is 0.276 e. The van der Waals surface area contributed by atoms with E-state index in [0.29, 0.717) is 11.0 Å². The number of carbonyl (C=O) groups is 1. The molecule has 0 saturated carbocycles. The third kappa shape index (κ3) is 3.68. The van der Waals surface area contributed by atoms with Crippen LogP contribution in [0.3, 0.4) is 0 Å². The van der Waals surface area contributed by atoms with Crippen molar-refractivity contribution in [3.05, 3.63) is 54.8 Å². The number of hydrazone groups is 1.